The predicted octanol–water partition coefficient (Wildman–Crippen LogP) is 1.85. The summed E-state index contributed by atoms with van der Waals surface area (Å²) in [7, 11) is 0. The smallest absolute Gasteiger partial charge is 0.337 e. The molecule has 0 aromatic carbocycles. The Labute approximate surface area is 86.1 Å². The van der Waals surface area contributed by atoms with Crippen LogP contribution in [0.5, 0.6) is 0 Å². The highest BCUT2D eigenvalue weighted by Crippen LogP contribution is 2.20. The normalized spacial score (nSPS) is 12.1. The second kappa shape index (κ2) is 4.23. The van der Waals surface area contributed by atoms with E-state index < -0.39 is 5.97 Å². The number of carboxylic acids is 1. The van der Waals surface area contributed by atoms with Crippen LogP contribution in [0.2, 0.25) is 0 Å². The highest BCUT2D eigenvalue weighted by atomic mass is 32.1. The fourth-order valence-electron chi connectivity index (χ4n) is 1.01. The first-order valence-electron chi connectivity index (χ1n) is 4.17. The molecule has 0 saturated heterocycles. The average molecular weight is 212 g/mol. The van der Waals surface area contributed by atoms with E-state index in [1.54, 1.807) is 11.5 Å². The van der Waals surface area contributed by atoms with Crippen LogP contribution in [-0.4, -0.2) is 16.1 Å². The Balaban J connectivity index is 3.07. The largest absolute Gasteiger partial charge is 0.478 e. The number of aromatic nitrogens is 1. The highest BCUT2D eigenvalue weighted by molar-refractivity contribution is 7.13. The summed E-state index contributed by atoms with van der Waals surface area (Å²) in [5.74, 6) is -0.798. The summed E-state index contributed by atoms with van der Waals surface area (Å²) in [4.78, 5) is 14.8. The number of carboxylic acid groups (broad SMARTS) is 1. The molecule has 0 aliphatic carbocycles. The number of rotatable bonds is 3. The standard InChI is InChI=1S/C9H12N2O2S/c1-5(2)3-6(8(12)13)7-4-14-9(10)11-7/h3-5H,1-2H3,(H2,10,11)(H,12,13)/b6-3-. The number of nitrogens with two attached hydrogens (primary N) is 1. The van der Waals surface area contributed by atoms with Gasteiger partial charge >= 0.3 is 5.97 Å². The molecule has 1 aromatic heterocycles. The molecular formula is C9H12N2O2S. The lowest BCUT2D eigenvalue weighted by atomic mass is 10.1. The molecule has 0 spiro atoms. The summed E-state index contributed by atoms with van der Waals surface area (Å²) in [6.45, 7) is 3.83. The van der Waals surface area contributed by atoms with Crippen molar-refractivity contribution >= 4 is 28.0 Å². The maximum atomic E-state index is 10.9. The zero-order valence-electron chi connectivity index (χ0n) is 8.02. The summed E-state index contributed by atoms with van der Waals surface area (Å²) in [5.41, 5.74) is 6.09. The van der Waals surface area contributed by atoms with E-state index in [1.165, 1.54) is 11.3 Å². The van der Waals surface area contributed by atoms with Crippen LogP contribution >= 0.6 is 11.3 Å². The first kappa shape index (κ1) is 10.7. The number of anilines is 1. The average Bonchev–Trinajstić information content (AvgIpc) is 2.46. The van der Waals surface area contributed by atoms with Crippen LogP contribution in [0.15, 0.2) is 11.5 Å². The van der Waals surface area contributed by atoms with Crippen LogP contribution in [0.25, 0.3) is 5.57 Å². The van der Waals surface area contributed by atoms with E-state index >= 15 is 0 Å². The number of thiazole rings is 1. The van der Waals surface area contributed by atoms with E-state index in [1.807, 2.05) is 13.8 Å². The van der Waals surface area contributed by atoms with Gasteiger partial charge < -0.3 is 10.8 Å². The quantitative estimate of drug-likeness (QED) is 0.750. The molecule has 0 amide bonds. The maximum Gasteiger partial charge on any atom is 0.337 e. The van der Waals surface area contributed by atoms with Gasteiger partial charge in [-0.25, -0.2) is 9.78 Å². The highest BCUT2D eigenvalue weighted by Gasteiger charge is 2.13. The van der Waals surface area contributed by atoms with Crippen LogP contribution in [-0.2, 0) is 4.79 Å². The molecule has 0 atom stereocenters. The van der Waals surface area contributed by atoms with Gasteiger partial charge in [0, 0.05) is 5.38 Å². The van der Waals surface area contributed by atoms with Crippen molar-refractivity contribution in [2.75, 3.05) is 5.73 Å². The lowest BCUT2D eigenvalue weighted by Gasteiger charge is -2.00. The first-order chi connectivity index (χ1) is 6.50. The molecule has 0 bridgehead atoms. The molecule has 0 aliphatic heterocycles. The van der Waals surface area contributed by atoms with Crippen LogP contribution in [0.4, 0.5) is 5.13 Å². The molecule has 5 heteroatoms. The monoisotopic (exact) mass is 212 g/mol. The number of hydrogen-bond donors (Lipinski definition) is 2. The van der Waals surface area contributed by atoms with Crippen molar-refractivity contribution in [3.63, 3.8) is 0 Å². The molecular weight excluding hydrogens is 200 g/mol. The molecule has 0 aliphatic rings. The molecule has 1 rings (SSSR count). The molecule has 0 fully saturated rings. The van der Waals surface area contributed by atoms with E-state index in [0.29, 0.717) is 10.8 Å². The van der Waals surface area contributed by atoms with E-state index in [2.05, 4.69) is 4.98 Å². The number of nitrogens with zero attached hydrogens (tertiary/aromatic N) is 1. The van der Waals surface area contributed by atoms with Crippen molar-refractivity contribution in [2.24, 2.45) is 5.92 Å². The molecule has 0 saturated carbocycles. The summed E-state index contributed by atoms with van der Waals surface area (Å²) in [6, 6.07) is 0. The molecule has 0 unspecified atom stereocenters. The van der Waals surface area contributed by atoms with Gasteiger partial charge in [-0.05, 0) is 5.92 Å². The fraction of sp³-hybridized carbons (Fsp3) is 0.333. The minimum absolute atomic E-state index is 0.170. The van der Waals surface area contributed by atoms with Crippen LogP contribution < -0.4 is 5.73 Å². The Bertz CT molecular complexity index is 369. The van der Waals surface area contributed by atoms with Gasteiger partial charge in [0.2, 0.25) is 0 Å². The molecule has 1 heterocycles. The van der Waals surface area contributed by atoms with Gasteiger partial charge in [0.25, 0.3) is 0 Å². The molecule has 0 radical (unpaired) electrons. The third kappa shape index (κ3) is 2.56. The van der Waals surface area contributed by atoms with Gasteiger partial charge in [-0.15, -0.1) is 11.3 Å². The lowest BCUT2D eigenvalue weighted by Crippen LogP contribution is -2.02. The van der Waals surface area contributed by atoms with Gasteiger partial charge in [0.05, 0.1) is 11.3 Å². The van der Waals surface area contributed by atoms with Crippen LogP contribution in [0.1, 0.15) is 19.5 Å². The number of aliphatic carboxylic acids is 1. The number of hydrogen-bond acceptors (Lipinski definition) is 4. The van der Waals surface area contributed by atoms with Crippen molar-refractivity contribution in [3.05, 3.63) is 17.2 Å². The van der Waals surface area contributed by atoms with Crippen molar-refractivity contribution < 1.29 is 9.90 Å². The molecule has 14 heavy (non-hydrogen) atoms. The number of nitrogen functional groups attached to an aromatic ring is 1. The minimum atomic E-state index is -0.969. The first-order valence-corrected chi connectivity index (χ1v) is 5.05. The van der Waals surface area contributed by atoms with Gasteiger partial charge in [-0.3, -0.25) is 0 Å². The van der Waals surface area contributed by atoms with Gasteiger partial charge in [0.1, 0.15) is 0 Å². The lowest BCUT2D eigenvalue weighted by molar-refractivity contribution is -0.130. The topological polar surface area (TPSA) is 76.2 Å². The Hall–Kier alpha value is -1.36. The van der Waals surface area contributed by atoms with Crippen LogP contribution in [0, 0.1) is 5.92 Å². The van der Waals surface area contributed by atoms with Gasteiger partial charge in [-0.1, -0.05) is 19.9 Å². The van der Waals surface area contributed by atoms with E-state index in [4.69, 9.17) is 10.8 Å². The Morgan fingerprint density at radius 2 is 2.36 bits per heavy atom. The van der Waals surface area contributed by atoms with E-state index in [-0.39, 0.29) is 11.5 Å². The molecule has 3 N–H and O–H groups in total. The Morgan fingerprint density at radius 1 is 1.71 bits per heavy atom. The maximum absolute atomic E-state index is 10.9. The predicted molar refractivity (Wildman–Crippen MR) is 57.0 cm³/mol. The molecule has 4 nitrogen and oxygen atoms in total. The zero-order valence-corrected chi connectivity index (χ0v) is 8.84. The van der Waals surface area contributed by atoms with Crippen molar-refractivity contribution in [2.45, 2.75) is 13.8 Å². The number of carbonyl (C=O) groups is 1. The summed E-state index contributed by atoms with van der Waals surface area (Å²) in [5, 5.41) is 11.0. The molecule has 76 valence electrons. The second-order valence-corrected chi connectivity index (χ2v) is 4.09. The zero-order chi connectivity index (χ0) is 10.7. The summed E-state index contributed by atoms with van der Waals surface area (Å²) in [6.07, 6.45) is 1.66. The van der Waals surface area contributed by atoms with Gasteiger partial charge in [-0.2, -0.15) is 0 Å². The minimum Gasteiger partial charge on any atom is -0.478 e. The SMILES string of the molecule is CC(C)/C=C(\C(=O)O)c1csc(N)n1. The summed E-state index contributed by atoms with van der Waals surface area (Å²) < 4.78 is 0. The van der Waals surface area contributed by atoms with E-state index in [9.17, 15) is 4.79 Å². The van der Waals surface area contributed by atoms with Crippen molar-refractivity contribution in [1.82, 2.24) is 4.98 Å². The second-order valence-electron chi connectivity index (χ2n) is 3.20. The fourth-order valence-corrected chi connectivity index (χ4v) is 1.57. The Morgan fingerprint density at radius 3 is 2.71 bits per heavy atom. The third-order valence-electron chi connectivity index (χ3n) is 1.53. The van der Waals surface area contributed by atoms with Crippen LogP contribution in [0.3, 0.4) is 0 Å². The summed E-state index contributed by atoms with van der Waals surface area (Å²) >= 11 is 1.24. The van der Waals surface area contributed by atoms with Crippen molar-refractivity contribution in [3.8, 4) is 0 Å². The van der Waals surface area contributed by atoms with Gasteiger partial charge in [0.15, 0.2) is 5.13 Å². The number of allylic oxidation sites excluding steroid dienone is 1. The molecule has 1 aromatic rings. The van der Waals surface area contributed by atoms with E-state index in [0.717, 1.165) is 0 Å². The third-order valence-corrected chi connectivity index (χ3v) is 2.20. The Kier molecular flexibility index (Phi) is 3.24. The van der Waals surface area contributed by atoms with Crippen molar-refractivity contribution in [1.29, 1.82) is 0 Å².